The standard InChI is InChI=1S/C20H23N5O/c1-3-25-18(23-17-8-5-10-21-19(17)25)15-9-11-24(13-15)20(26)22-16-7-4-6-14(2)12-16/h4-8,10,12,15H,3,9,11,13H2,1-2H3,(H,22,26)/t15-/m1/s1. The van der Waals surface area contributed by atoms with Gasteiger partial charge in [0.25, 0.3) is 0 Å². The number of imidazole rings is 1. The first-order chi connectivity index (χ1) is 12.7. The van der Waals surface area contributed by atoms with Crippen LogP contribution in [0.4, 0.5) is 10.5 Å². The summed E-state index contributed by atoms with van der Waals surface area (Å²) in [6, 6.07) is 11.7. The van der Waals surface area contributed by atoms with Gasteiger partial charge in [0.05, 0.1) is 0 Å². The Labute approximate surface area is 152 Å². The predicted octanol–water partition coefficient (Wildman–Crippen LogP) is 3.78. The van der Waals surface area contributed by atoms with Gasteiger partial charge >= 0.3 is 6.03 Å². The van der Waals surface area contributed by atoms with E-state index in [1.807, 2.05) is 48.2 Å². The molecule has 1 N–H and O–H groups in total. The lowest BCUT2D eigenvalue weighted by atomic mass is 10.1. The number of nitrogens with zero attached hydrogens (tertiary/aromatic N) is 4. The van der Waals surface area contributed by atoms with Crippen LogP contribution in [-0.2, 0) is 6.54 Å². The molecule has 134 valence electrons. The molecule has 26 heavy (non-hydrogen) atoms. The number of carbonyl (C=O) groups excluding carboxylic acids is 1. The highest BCUT2D eigenvalue weighted by Crippen LogP contribution is 2.29. The number of likely N-dealkylation sites (tertiary alicyclic amines) is 1. The van der Waals surface area contributed by atoms with Gasteiger partial charge in [0.2, 0.25) is 0 Å². The van der Waals surface area contributed by atoms with Crippen molar-refractivity contribution in [3.05, 3.63) is 54.0 Å². The molecule has 1 atom stereocenters. The average molecular weight is 349 g/mol. The predicted molar refractivity (Wildman–Crippen MR) is 102 cm³/mol. The van der Waals surface area contributed by atoms with Crippen LogP contribution in [0.5, 0.6) is 0 Å². The van der Waals surface area contributed by atoms with Crippen molar-refractivity contribution < 1.29 is 4.79 Å². The van der Waals surface area contributed by atoms with Crippen LogP contribution in [0.1, 0.15) is 30.7 Å². The lowest BCUT2D eigenvalue weighted by Gasteiger charge is -2.18. The highest BCUT2D eigenvalue weighted by Gasteiger charge is 2.31. The van der Waals surface area contributed by atoms with E-state index in [0.29, 0.717) is 6.54 Å². The fraction of sp³-hybridized carbons (Fsp3) is 0.350. The molecule has 6 heteroatoms. The summed E-state index contributed by atoms with van der Waals surface area (Å²) in [6.07, 6.45) is 2.72. The summed E-state index contributed by atoms with van der Waals surface area (Å²) >= 11 is 0. The minimum atomic E-state index is -0.0459. The first-order valence-electron chi connectivity index (χ1n) is 9.09. The smallest absolute Gasteiger partial charge is 0.321 e. The largest absolute Gasteiger partial charge is 0.324 e. The topological polar surface area (TPSA) is 63.1 Å². The highest BCUT2D eigenvalue weighted by molar-refractivity contribution is 5.89. The van der Waals surface area contributed by atoms with Gasteiger partial charge in [0, 0.05) is 37.4 Å². The molecule has 0 unspecified atom stereocenters. The van der Waals surface area contributed by atoms with E-state index in [-0.39, 0.29) is 11.9 Å². The quantitative estimate of drug-likeness (QED) is 0.783. The van der Waals surface area contributed by atoms with E-state index in [1.54, 1.807) is 6.20 Å². The third kappa shape index (κ3) is 3.03. The molecule has 3 aromatic rings. The Morgan fingerprint density at radius 1 is 1.31 bits per heavy atom. The third-order valence-electron chi connectivity index (χ3n) is 4.96. The molecule has 3 heterocycles. The summed E-state index contributed by atoms with van der Waals surface area (Å²) in [4.78, 5) is 23.7. The van der Waals surface area contributed by atoms with Crippen LogP contribution in [0.15, 0.2) is 42.6 Å². The summed E-state index contributed by atoms with van der Waals surface area (Å²) in [5.41, 5.74) is 3.81. The van der Waals surface area contributed by atoms with Crippen molar-refractivity contribution in [2.75, 3.05) is 18.4 Å². The minimum absolute atomic E-state index is 0.0459. The first kappa shape index (κ1) is 16.6. The Hall–Kier alpha value is -2.89. The number of hydrogen-bond acceptors (Lipinski definition) is 3. The number of urea groups is 1. The Balaban J connectivity index is 1.51. The zero-order chi connectivity index (χ0) is 18.1. The number of benzene rings is 1. The van der Waals surface area contributed by atoms with Crippen LogP contribution in [0, 0.1) is 6.92 Å². The maximum Gasteiger partial charge on any atom is 0.321 e. The van der Waals surface area contributed by atoms with Crippen LogP contribution < -0.4 is 5.32 Å². The van der Waals surface area contributed by atoms with Gasteiger partial charge in [0.1, 0.15) is 11.3 Å². The summed E-state index contributed by atoms with van der Waals surface area (Å²) in [7, 11) is 0. The van der Waals surface area contributed by atoms with E-state index in [4.69, 9.17) is 4.98 Å². The summed E-state index contributed by atoms with van der Waals surface area (Å²) in [5, 5.41) is 3.00. The molecule has 1 aliphatic heterocycles. The summed E-state index contributed by atoms with van der Waals surface area (Å²) in [6.45, 7) is 6.37. The fourth-order valence-corrected chi connectivity index (χ4v) is 3.68. The molecule has 0 radical (unpaired) electrons. The number of pyridine rings is 1. The molecule has 2 aromatic heterocycles. The van der Waals surface area contributed by atoms with Crippen LogP contribution in [0.2, 0.25) is 0 Å². The minimum Gasteiger partial charge on any atom is -0.324 e. The molecule has 0 spiro atoms. The van der Waals surface area contributed by atoms with E-state index in [1.165, 1.54) is 0 Å². The molecular formula is C20H23N5O. The van der Waals surface area contributed by atoms with Gasteiger partial charge in [-0.3, -0.25) is 0 Å². The third-order valence-corrected chi connectivity index (χ3v) is 4.96. The number of hydrogen-bond donors (Lipinski definition) is 1. The van der Waals surface area contributed by atoms with E-state index in [2.05, 4.69) is 21.8 Å². The fourth-order valence-electron chi connectivity index (χ4n) is 3.68. The number of aryl methyl sites for hydroxylation is 2. The molecule has 0 aliphatic carbocycles. The van der Waals surface area contributed by atoms with Gasteiger partial charge in [-0.25, -0.2) is 14.8 Å². The molecule has 1 fully saturated rings. The van der Waals surface area contributed by atoms with Crippen LogP contribution in [0.3, 0.4) is 0 Å². The van der Waals surface area contributed by atoms with Crippen molar-refractivity contribution >= 4 is 22.9 Å². The van der Waals surface area contributed by atoms with Gasteiger partial charge in [-0.15, -0.1) is 0 Å². The van der Waals surface area contributed by atoms with E-state index in [0.717, 1.165) is 47.7 Å². The Morgan fingerprint density at radius 2 is 2.19 bits per heavy atom. The van der Waals surface area contributed by atoms with Gasteiger partial charge in [-0.2, -0.15) is 0 Å². The van der Waals surface area contributed by atoms with Gasteiger partial charge in [-0.1, -0.05) is 12.1 Å². The second-order valence-electron chi connectivity index (χ2n) is 6.79. The number of anilines is 1. The highest BCUT2D eigenvalue weighted by atomic mass is 16.2. The van der Waals surface area contributed by atoms with Crippen molar-refractivity contribution in [2.24, 2.45) is 0 Å². The molecule has 1 aliphatic rings. The van der Waals surface area contributed by atoms with Crippen LogP contribution >= 0.6 is 0 Å². The van der Waals surface area contributed by atoms with Crippen molar-refractivity contribution in [3.63, 3.8) is 0 Å². The van der Waals surface area contributed by atoms with Crippen molar-refractivity contribution in [1.29, 1.82) is 0 Å². The zero-order valence-electron chi connectivity index (χ0n) is 15.1. The molecule has 4 rings (SSSR count). The molecule has 6 nitrogen and oxygen atoms in total. The number of aromatic nitrogens is 3. The monoisotopic (exact) mass is 349 g/mol. The maximum absolute atomic E-state index is 12.6. The SMILES string of the molecule is CCn1c([C@@H]2CCN(C(=O)Nc3cccc(C)c3)C2)nc2cccnc21. The Kier molecular flexibility index (Phi) is 4.32. The lowest BCUT2D eigenvalue weighted by molar-refractivity contribution is 0.222. The number of fused-ring (bicyclic) bond motifs is 1. The molecule has 0 saturated carbocycles. The number of rotatable bonds is 3. The first-order valence-corrected chi connectivity index (χ1v) is 9.09. The number of amides is 2. The van der Waals surface area contributed by atoms with Crippen molar-refractivity contribution in [2.45, 2.75) is 32.7 Å². The van der Waals surface area contributed by atoms with Crippen molar-refractivity contribution in [1.82, 2.24) is 19.4 Å². The van der Waals surface area contributed by atoms with Gasteiger partial charge in [0.15, 0.2) is 5.65 Å². The molecule has 2 amide bonds. The average Bonchev–Trinajstić information content (AvgIpc) is 3.26. The van der Waals surface area contributed by atoms with E-state index < -0.39 is 0 Å². The van der Waals surface area contributed by atoms with Gasteiger partial charge < -0.3 is 14.8 Å². The Bertz CT molecular complexity index is 948. The second-order valence-corrected chi connectivity index (χ2v) is 6.79. The lowest BCUT2D eigenvalue weighted by Crippen LogP contribution is -2.33. The van der Waals surface area contributed by atoms with Crippen molar-refractivity contribution in [3.8, 4) is 0 Å². The molecule has 1 saturated heterocycles. The number of nitrogens with one attached hydrogen (secondary N) is 1. The van der Waals surface area contributed by atoms with Crippen LogP contribution in [-0.4, -0.2) is 38.6 Å². The molecular weight excluding hydrogens is 326 g/mol. The molecule has 0 bridgehead atoms. The normalized spacial score (nSPS) is 17.0. The summed E-state index contributed by atoms with van der Waals surface area (Å²) in [5.74, 6) is 1.28. The van der Waals surface area contributed by atoms with E-state index >= 15 is 0 Å². The second kappa shape index (κ2) is 6.78. The zero-order valence-corrected chi connectivity index (χ0v) is 15.1. The van der Waals surface area contributed by atoms with Gasteiger partial charge in [-0.05, 0) is 50.1 Å². The maximum atomic E-state index is 12.6. The van der Waals surface area contributed by atoms with Crippen LogP contribution in [0.25, 0.3) is 11.2 Å². The molecule has 1 aromatic carbocycles. The Morgan fingerprint density at radius 3 is 3.00 bits per heavy atom. The van der Waals surface area contributed by atoms with E-state index in [9.17, 15) is 4.79 Å². The number of carbonyl (C=O) groups is 1. The summed E-state index contributed by atoms with van der Waals surface area (Å²) < 4.78 is 2.17.